The number of halogens is 2. The lowest BCUT2D eigenvalue weighted by Crippen LogP contribution is -2.13. The predicted molar refractivity (Wildman–Crippen MR) is 75.2 cm³/mol. The fourth-order valence-corrected chi connectivity index (χ4v) is 1.97. The van der Waals surface area contributed by atoms with Gasteiger partial charge in [-0.15, -0.1) is 0 Å². The summed E-state index contributed by atoms with van der Waals surface area (Å²) in [5.74, 6) is -1.44. The third-order valence-electron chi connectivity index (χ3n) is 2.33. The Labute approximate surface area is 117 Å². The number of amides is 1. The number of rotatable bonds is 2. The maximum atomic E-state index is 12.8. The van der Waals surface area contributed by atoms with Crippen LogP contribution in [0.2, 0.25) is 0 Å². The average molecular weight is 357 g/mol. The smallest absolute Gasteiger partial charge is 0.259 e. The van der Waals surface area contributed by atoms with Crippen molar-refractivity contribution in [1.29, 1.82) is 0 Å². The lowest BCUT2D eigenvalue weighted by Gasteiger charge is -2.08. The molecule has 0 bridgehead atoms. The van der Waals surface area contributed by atoms with E-state index in [2.05, 4.69) is 27.9 Å². The zero-order valence-corrected chi connectivity index (χ0v) is 11.3. The van der Waals surface area contributed by atoms with Crippen LogP contribution in [0.15, 0.2) is 42.5 Å². The topological polar surface area (TPSA) is 49.3 Å². The first kappa shape index (κ1) is 12.8. The molecular weight excluding hydrogens is 348 g/mol. The molecule has 18 heavy (non-hydrogen) atoms. The maximum absolute atomic E-state index is 12.8. The first-order valence-electron chi connectivity index (χ1n) is 5.12. The fourth-order valence-electron chi connectivity index (χ4n) is 1.45. The minimum atomic E-state index is -0.585. The summed E-state index contributed by atoms with van der Waals surface area (Å²) in [6, 6.07) is 10.5. The molecule has 0 heterocycles. The summed E-state index contributed by atoms with van der Waals surface area (Å²) in [5.41, 5.74) is 0.683. The van der Waals surface area contributed by atoms with E-state index in [1.165, 1.54) is 6.07 Å². The van der Waals surface area contributed by atoms with Crippen LogP contribution in [0, 0.1) is 9.39 Å². The maximum Gasteiger partial charge on any atom is 0.259 e. The second kappa shape index (κ2) is 5.34. The number of phenols is 1. The predicted octanol–water partition coefficient (Wildman–Crippen LogP) is 3.39. The SMILES string of the molecule is O=C(Nc1ccccc1I)c1ccc(F)cc1O. The molecule has 0 saturated carbocycles. The second-order valence-corrected chi connectivity index (χ2v) is 4.76. The molecule has 0 aliphatic carbocycles. The van der Waals surface area contributed by atoms with Crippen LogP contribution in [0.3, 0.4) is 0 Å². The Kier molecular flexibility index (Phi) is 3.81. The Morgan fingerprint density at radius 3 is 2.61 bits per heavy atom. The summed E-state index contributed by atoms with van der Waals surface area (Å²) in [5, 5.41) is 12.2. The van der Waals surface area contributed by atoms with Crippen molar-refractivity contribution in [2.45, 2.75) is 0 Å². The number of benzene rings is 2. The van der Waals surface area contributed by atoms with Gasteiger partial charge in [0.05, 0.1) is 11.3 Å². The van der Waals surface area contributed by atoms with Crippen molar-refractivity contribution in [1.82, 2.24) is 0 Å². The van der Waals surface area contributed by atoms with Gasteiger partial charge in [-0.2, -0.15) is 0 Å². The molecule has 5 heteroatoms. The van der Waals surface area contributed by atoms with Gasteiger partial charge in [0.1, 0.15) is 11.6 Å². The van der Waals surface area contributed by atoms with Gasteiger partial charge in [-0.3, -0.25) is 4.79 Å². The highest BCUT2D eigenvalue weighted by Gasteiger charge is 2.12. The highest BCUT2D eigenvalue weighted by molar-refractivity contribution is 14.1. The minimum absolute atomic E-state index is 0.0380. The Morgan fingerprint density at radius 2 is 1.94 bits per heavy atom. The monoisotopic (exact) mass is 357 g/mol. The average Bonchev–Trinajstić information content (AvgIpc) is 2.32. The largest absolute Gasteiger partial charge is 0.507 e. The first-order chi connectivity index (χ1) is 8.58. The molecule has 0 saturated heterocycles. The molecule has 2 N–H and O–H groups in total. The molecule has 1 amide bonds. The zero-order chi connectivity index (χ0) is 13.1. The minimum Gasteiger partial charge on any atom is -0.507 e. The first-order valence-corrected chi connectivity index (χ1v) is 6.20. The number of hydrogen-bond donors (Lipinski definition) is 2. The van der Waals surface area contributed by atoms with Crippen LogP contribution in [-0.4, -0.2) is 11.0 Å². The molecule has 0 aliphatic heterocycles. The number of hydrogen-bond acceptors (Lipinski definition) is 2. The number of anilines is 1. The summed E-state index contributed by atoms with van der Waals surface area (Å²) in [7, 11) is 0. The van der Waals surface area contributed by atoms with Crippen LogP contribution >= 0.6 is 22.6 Å². The van der Waals surface area contributed by atoms with Crippen LogP contribution in [0.4, 0.5) is 10.1 Å². The molecule has 2 aromatic rings. The van der Waals surface area contributed by atoms with Gasteiger partial charge in [0, 0.05) is 9.64 Å². The normalized spacial score (nSPS) is 10.1. The number of nitrogens with one attached hydrogen (secondary N) is 1. The van der Waals surface area contributed by atoms with Gasteiger partial charge in [0.25, 0.3) is 5.91 Å². The summed E-state index contributed by atoms with van der Waals surface area (Å²) in [6.45, 7) is 0. The lowest BCUT2D eigenvalue weighted by atomic mass is 10.2. The highest BCUT2D eigenvalue weighted by atomic mass is 127. The molecule has 2 rings (SSSR count). The number of carbonyl (C=O) groups excluding carboxylic acids is 1. The third kappa shape index (κ3) is 2.79. The standard InChI is InChI=1S/C13H9FINO2/c14-8-5-6-9(12(17)7-8)13(18)16-11-4-2-1-3-10(11)15/h1-7,17H,(H,16,18). The molecule has 0 atom stereocenters. The fraction of sp³-hybridized carbons (Fsp3) is 0. The van der Waals surface area contributed by atoms with Crippen LogP contribution in [0.1, 0.15) is 10.4 Å². The van der Waals surface area contributed by atoms with Crippen LogP contribution in [0.25, 0.3) is 0 Å². The van der Waals surface area contributed by atoms with Crippen molar-refractivity contribution >= 4 is 34.2 Å². The molecule has 0 radical (unpaired) electrons. The zero-order valence-electron chi connectivity index (χ0n) is 9.15. The van der Waals surface area contributed by atoms with Gasteiger partial charge < -0.3 is 10.4 Å². The van der Waals surface area contributed by atoms with E-state index >= 15 is 0 Å². The molecular formula is C13H9FINO2. The highest BCUT2D eigenvalue weighted by Crippen LogP contribution is 2.22. The summed E-state index contributed by atoms with van der Waals surface area (Å²) < 4.78 is 13.7. The summed E-state index contributed by atoms with van der Waals surface area (Å²) in [4.78, 5) is 11.9. The van der Waals surface area contributed by atoms with E-state index in [0.717, 1.165) is 15.7 Å². The number of para-hydroxylation sites is 1. The number of carbonyl (C=O) groups is 1. The molecule has 0 unspecified atom stereocenters. The van der Waals surface area contributed by atoms with Gasteiger partial charge in [-0.1, -0.05) is 12.1 Å². The Morgan fingerprint density at radius 1 is 1.22 bits per heavy atom. The molecule has 92 valence electrons. The third-order valence-corrected chi connectivity index (χ3v) is 3.27. The molecule has 0 fully saturated rings. The van der Waals surface area contributed by atoms with E-state index in [4.69, 9.17) is 0 Å². The van der Waals surface area contributed by atoms with Crippen molar-refractivity contribution in [2.75, 3.05) is 5.32 Å². The van der Waals surface area contributed by atoms with E-state index in [1.54, 1.807) is 12.1 Å². The van der Waals surface area contributed by atoms with E-state index in [1.807, 2.05) is 12.1 Å². The molecule has 0 aliphatic rings. The van der Waals surface area contributed by atoms with Crippen LogP contribution in [0.5, 0.6) is 5.75 Å². The van der Waals surface area contributed by atoms with Crippen molar-refractivity contribution in [3.63, 3.8) is 0 Å². The quantitative estimate of drug-likeness (QED) is 0.810. The van der Waals surface area contributed by atoms with Crippen molar-refractivity contribution in [2.24, 2.45) is 0 Å². The van der Waals surface area contributed by atoms with E-state index in [9.17, 15) is 14.3 Å². The van der Waals surface area contributed by atoms with Gasteiger partial charge in [-0.25, -0.2) is 4.39 Å². The van der Waals surface area contributed by atoms with Crippen molar-refractivity contribution in [3.05, 3.63) is 57.4 Å². The van der Waals surface area contributed by atoms with Gasteiger partial charge in [0.15, 0.2) is 0 Å². The molecule has 0 aromatic heterocycles. The molecule has 3 nitrogen and oxygen atoms in total. The van der Waals surface area contributed by atoms with E-state index < -0.39 is 11.7 Å². The van der Waals surface area contributed by atoms with Crippen LogP contribution < -0.4 is 5.32 Å². The number of aromatic hydroxyl groups is 1. The summed E-state index contributed by atoms with van der Waals surface area (Å²) in [6.07, 6.45) is 0. The van der Waals surface area contributed by atoms with Crippen molar-refractivity contribution in [3.8, 4) is 5.75 Å². The van der Waals surface area contributed by atoms with E-state index in [0.29, 0.717) is 5.69 Å². The van der Waals surface area contributed by atoms with E-state index in [-0.39, 0.29) is 11.3 Å². The van der Waals surface area contributed by atoms with Gasteiger partial charge >= 0.3 is 0 Å². The second-order valence-electron chi connectivity index (χ2n) is 3.60. The van der Waals surface area contributed by atoms with Gasteiger partial charge in [-0.05, 0) is 46.9 Å². The van der Waals surface area contributed by atoms with Gasteiger partial charge in [0.2, 0.25) is 0 Å². The Balaban J connectivity index is 2.25. The summed E-state index contributed by atoms with van der Waals surface area (Å²) >= 11 is 2.09. The van der Waals surface area contributed by atoms with Crippen molar-refractivity contribution < 1.29 is 14.3 Å². The molecule has 0 spiro atoms. The lowest BCUT2D eigenvalue weighted by molar-refractivity contribution is 0.102. The van der Waals surface area contributed by atoms with Crippen LogP contribution in [-0.2, 0) is 0 Å². The number of phenolic OH excluding ortho intramolecular Hbond substituents is 1. The Bertz CT molecular complexity index is 601. The Hall–Kier alpha value is -1.63. The molecule has 2 aromatic carbocycles.